The van der Waals surface area contributed by atoms with E-state index < -0.39 is 17.5 Å². The lowest BCUT2D eigenvalue weighted by molar-refractivity contribution is 0.103. The molecular weight excluding hydrogens is 360 g/mol. The Morgan fingerprint density at radius 2 is 1.85 bits per heavy atom. The quantitative estimate of drug-likeness (QED) is 0.676. The van der Waals surface area contributed by atoms with Gasteiger partial charge in [-0.05, 0) is 31.2 Å². The van der Waals surface area contributed by atoms with Crippen LogP contribution >= 0.6 is 11.3 Å². The van der Waals surface area contributed by atoms with Gasteiger partial charge in [-0.1, -0.05) is 17.4 Å². The summed E-state index contributed by atoms with van der Waals surface area (Å²) in [5.41, 5.74) is 1.31. The highest BCUT2D eigenvalue weighted by molar-refractivity contribution is 7.17. The van der Waals surface area contributed by atoms with E-state index in [9.17, 15) is 13.6 Å². The van der Waals surface area contributed by atoms with Gasteiger partial charge in [0, 0.05) is 23.5 Å². The van der Waals surface area contributed by atoms with Crippen molar-refractivity contribution in [2.75, 3.05) is 17.7 Å². The van der Waals surface area contributed by atoms with Crippen molar-refractivity contribution in [2.24, 2.45) is 0 Å². The Balaban J connectivity index is 1.77. The molecule has 1 amide bonds. The Bertz CT molecular complexity index is 939. The average molecular weight is 375 g/mol. The van der Waals surface area contributed by atoms with Crippen LogP contribution in [0.2, 0.25) is 0 Å². The lowest BCUT2D eigenvalue weighted by Crippen LogP contribution is -2.11. The third-order valence-corrected chi connectivity index (χ3v) is 4.52. The maximum atomic E-state index is 13.2. The van der Waals surface area contributed by atoms with Crippen molar-refractivity contribution in [1.82, 2.24) is 4.98 Å². The number of rotatable bonds is 5. The molecular formula is C18H15F2N3O2S. The number of hydrogen-bond acceptors (Lipinski definition) is 5. The smallest absolute Gasteiger partial charge is 0.267 e. The van der Waals surface area contributed by atoms with Gasteiger partial charge in [-0.3, -0.25) is 4.79 Å². The Kier molecular flexibility index (Phi) is 5.13. The predicted molar refractivity (Wildman–Crippen MR) is 97.4 cm³/mol. The van der Waals surface area contributed by atoms with E-state index >= 15 is 0 Å². The second-order valence-electron chi connectivity index (χ2n) is 5.40. The number of nitrogens with zero attached hydrogens (tertiary/aromatic N) is 1. The number of amides is 1. The molecule has 0 radical (unpaired) electrons. The molecule has 0 saturated heterocycles. The van der Waals surface area contributed by atoms with Gasteiger partial charge in [0.1, 0.15) is 22.3 Å². The summed E-state index contributed by atoms with van der Waals surface area (Å²) in [6.45, 7) is 1.69. The van der Waals surface area contributed by atoms with E-state index in [0.29, 0.717) is 21.5 Å². The largest absolute Gasteiger partial charge is 0.497 e. The average Bonchev–Trinajstić information content (AvgIpc) is 2.94. The second-order valence-corrected chi connectivity index (χ2v) is 6.40. The minimum atomic E-state index is -0.762. The molecule has 0 fully saturated rings. The zero-order valence-corrected chi connectivity index (χ0v) is 14.8. The molecule has 3 aromatic rings. The van der Waals surface area contributed by atoms with E-state index in [1.165, 1.54) is 0 Å². The fraction of sp³-hybridized carbons (Fsp3) is 0.111. The third kappa shape index (κ3) is 4.15. The number of anilines is 3. The molecule has 0 bridgehead atoms. The molecule has 0 saturated carbocycles. The number of aromatic nitrogens is 1. The summed E-state index contributed by atoms with van der Waals surface area (Å²) in [5, 5.41) is 6.10. The molecule has 1 heterocycles. The molecule has 0 spiro atoms. The SMILES string of the molecule is COc1cccc(Nc2nc(C)c(C(=O)Nc3cc(F)cc(F)c3)s2)c1. The van der Waals surface area contributed by atoms with Crippen LogP contribution in [-0.2, 0) is 0 Å². The molecule has 0 aliphatic carbocycles. The molecule has 0 aliphatic heterocycles. The van der Waals surface area contributed by atoms with Crippen LogP contribution < -0.4 is 15.4 Å². The lowest BCUT2D eigenvalue weighted by Gasteiger charge is -2.05. The van der Waals surface area contributed by atoms with Crippen molar-refractivity contribution in [2.45, 2.75) is 6.92 Å². The zero-order chi connectivity index (χ0) is 18.7. The Hall–Kier alpha value is -3.00. The van der Waals surface area contributed by atoms with Crippen molar-refractivity contribution in [3.63, 3.8) is 0 Å². The summed E-state index contributed by atoms with van der Waals surface area (Å²) in [4.78, 5) is 17.1. The summed E-state index contributed by atoms with van der Waals surface area (Å²) in [6.07, 6.45) is 0. The number of carbonyl (C=O) groups is 1. The Morgan fingerprint density at radius 1 is 1.12 bits per heavy atom. The van der Waals surface area contributed by atoms with Crippen molar-refractivity contribution >= 4 is 33.8 Å². The number of thiazole rings is 1. The van der Waals surface area contributed by atoms with Crippen LogP contribution in [0.15, 0.2) is 42.5 Å². The van der Waals surface area contributed by atoms with Crippen LogP contribution in [0.3, 0.4) is 0 Å². The van der Waals surface area contributed by atoms with Gasteiger partial charge >= 0.3 is 0 Å². The van der Waals surface area contributed by atoms with E-state index in [0.717, 1.165) is 35.2 Å². The first kappa shape index (κ1) is 17.8. The number of halogens is 2. The van der Waals surface area contributed by atoms with Gasteiger partial charge in [0.05, 0.1) is 12.8 Å². The van der Waals surface area contributed by atoms with Crippen molar-refractivity contribution < 1.29 is 18.3 Å². The highest BCUT2D eigenvalue weighted by Crippen LogP contribution is 2.28. The van der Waals surface area contributed by atoms with E-state index in [1.54, 1.807) is 20.1 Å². The number of carbonyl (C=O) groups excluding carboxylic acids is 1. The van der Waals surface area contributed by atoms with Crippen LogP contribution in [0.1, 0.15) is 15.4 Å². The first-order valence-electron chi connectivity index (χ1n) is 7.60. The van der Waals surface area contributed by atoms with Crippen molar-refractivity contribution in [1.29, 1.82) is 0 Å². The van der Waals surface area contributed by atoms with Gasteiger partial charge in [0.2, 0.25) is 0 Å². The highest BCUT2D eigenvalue weighted by Gasteiger charge is 2.16. The molecule has 2 N–H and O–H groups in total. The number of hydrogen-bond donors (Lipinski definition) is 2. The summed E-state index contributed by atoms with van der Waals surface area (Å²) >= 11 is 1.14. The number of benzene rings is 2. The first-order valence-corrected chi connectivity index (χ1v) is 8.42. The highest BCUT2D eigenvalue weighted by atomic mass is 32.1. The molecule has 2 aromatic carbocycles. The molecule has 8 heteroatoms. The molecule has 0 atom stereocenters. The number of nitrogens with one attached hydrogen (secondary N) is 2. The second kappa shape index (κ2) is 7.49. The van der Waals surface area contributed by atoms with E-state index in [-0.39, 0.29) is 5.69 Å². The van der Waals surface area contributed by atoms with Crippen molar-refractivity contribution in [3.8, 4) is 5.75 Å². The Labute approximate surface area is 152 Å². The van der Waals surface area contributed by atoms with Crippen LogP contribution in [0.25, 0.3) is 0 Å². The van der Waals surface area contributed by atoms with Crippen LogP contribution in [0.5, 0.6) is 5.75 Å². The number of aryl methyl sites for hydroxylation is 1. The molecule has 0 aliphatic rings. The predicted octanol–water partition coefficient (Wildman–Crippen LogP) is 4.73. The van der Waals surface area contributed by atoms with Crippen LogP contribution in [0, 0.1) is 18.6 Å². The summed E-state index contributed by atoms with van der Waals surface area (Å²) in [7, 11) is 1.57. The molecule has 3 rings (SSSR count). The fourth-order valence-electron chi connectivity index (χ4n) is 2.30. The lowest BCUT2D eigenvalue weighted by atomic mass is 10.3. The molecule has 134 valence electrons. The topological polar surface area (TPSA) is 63.2 Å². The van der Waals surface area contributed by atoms with E-state index in [1.807, 2.05) is 18.2 Å². The minimum Gasteiger partial charge on any atom is -0.497 e. The number of methoxy groups -OCH3 is 1. The fourth-order valence-corrected chi connectivity index (χ4v) is 3.18. The first-order chi connectivity index (χ1) is 12.4. The molecule has 26 heavy (non-hydrogen) atoms. The van der Waals surface area contributed by atoms with Gasteiger partial charge < -0.3 is 15.4 Å². The molecule has 5 nitrogen and oxygen atoms in total. The van der Waals surface area contributed by atoms with E-state index in [4.69, 9.17) is 4.74 Å². The maximum Gasteiger partial charge on any atom is 0.267 e. The van der Waals surface area contributed by atoms with Crippen LogP contribution in [-0.4, -0.2) is 18.0 Å². The number of ether oxygens (including phenoxy) is 1. The van der Waals surface area contributed by atoms with E-state index in [2.05, 4.69) is 15.6 Å². The van der Waals surface area contributed by atoms with Gasteiger partial charge in [-0.25, -0.2) is 13.8 Å². The summed E-state index contributed by atoms with van der Waals surface area (Å²) < 4.78 is 31.7. The summed E-state index contributed by atoms with van der Waals surface area (Å²) in [5.74, 6) is -1.32. The zero-order valence-electron chi connectivity index (χ0n) is 14.0. The van der Waals surface area contributed by atoms with Crippen LogP contribution in [0.4, 0.5) is 25.3 Å². The standard InChI is InChI=1S/C18H15F2N3O2S/c1-10-16(17(24)22-14-7-11(19)6-12(20)8-14)26-18(21-10)23-13-4-3-5-15(9-13)25-2/h3-9H,1-2H3,(H,21,23)(H,22,24). The monoisotopic (exact) mass is 375 g/mol. The van der Waals surface area contributed by atoms with Crippen molar-refractivity contribution in [3.05, 3.63) is 64.7 Å². The minimum absolute atomic E-state index is 0.0441. The maximum absolute atomic E-state index is 13.2. The normalized spacial score (nSPS) is 10.5. The third-order valence-electron chi connectivity index (χ3n) is 3.44. The van der Waals surface area contributed by atoms with Gasteiger partial charge in [-0.15, -0.1) is 0 Å². The summed E-state index contributed by atoms with van der Waals surface area (Å²) in [6, 6.07) is 10.1. The molecule has 1 aromatic heterocycles. The van der Waals surface area contributed by atoms with Gasteiger partial charge in [0.15, 0.2) is 5.13 Å². The Morgan fingerprint density at radius 3 is 2.54 bits per heavy atom. The van der Waals surface area contributed by atoms with Gasteiger partial charge in [0.25, 0.3) is 5.91 Å². The van der Waals surface area contributed by atoms with Gasteiger partial charge in [-0.2, -0.15) is 0 Å². The molecule has 0 unspecified atom stereocenters.